The van der Waals surface area contributed by atoms with E-state index < -0.39 is 0 Å². The molecule has 1 saturated heterocycles. The molecule has 88 valence electrons. The number of hydrogen-bond donors (Lipinski definition) is 0. The predicted molar refractivity (Wildman–Crippen MR) is 67.1 cm³/mol. The van der Waals surface area contributed by atoms with Crippen LogP contribution in [0.2, 0.25) is 0 Å². The smallest absolute Gasteiger partial charge is 0.236 e. The maximum absolute atomic E-state index is 11.8. The third-order valence-corrected chi connectivity index (χ3v) is 3.76. The molecule has 2 nitrogen and oxygen atoms in total. The average molecular weight is 276 g/mol. The van der Waals surface area contributed by atoms with Crippen molar-refractivity contribution in [1.82, 2.24) is 4.90 Å². The number of carbonyl (C=O) groups is 1. The number of rotatable bonds is 2. The van der Waals surface area contributed by atoms with E-state index in [1.54, 1.807) is 0 Å². The molecule has 1 rings (SSSR count). The molecule has 0 aliphatic carbocycles. The molecule has 1 aliphatic heterocycles. The molecule has 15 heavy (non-hydrogen) atoms. The molecular weight excluding hydrogens is 254 g/mol. The highest BCUT2D eigenvalue weighted by atomic mass is 79.9. The standard InChI is InChI=1S/C12H22BrNO/c1-9(2)11-5-4-7-14(8-6-11)12(15)10(3)13/h9-11H,4-8H2,1-3H3. The average Bonchev–Trinajstić information content (AvgIpc) is 2.41. The van der Waals surface area contributed by atoms with Crippen LogP contribution >= 0.6 is 15.9 Å². The molecule has 0 aromatic rings. The summed E-state index contributed by atoms with van der Waals surface area (Å²) in [7, 11) is 0. The molecule has 0 radical (unpaired) electrons. The number of nitrogens with zero attached hydrogens (tertiary/aromatic N) is 1. The van der Waals surface area contributed by atoms with Crippen molar-refractivity contribution in [3.63, 3.8) is 0 Å². The molecular formula is C12H22BrNO. The molecule has 0 N–H and O–H groups in total. The quantitative estimate of drug-likeness (QED) is 0.710. The van der Waals surface area contributed by atoms with Gasteiger partial charge in [0.2, 0.25) is 5.91 Å². The number of halogens is 1. The van der Waals surface area contributed by atoms with Gasteiger partial charge in [0.25, 0.3) is 0 Å². The minimum absolute atomic E-state index is 0.0342. The summed E-state index contributed by atoms with van der Waals surface area (Å²) in [6.07, 6.45) is 3.61. The number of likely N-dealkylation sites (tertiary alicyclic amines) is 1. The Hall–Kier alpha value is -0.0500. The first kappa shape index (κ1) is 13.0. The Morgan fingerprint density at radius 2 is 1.93 bits per heavy atom. The van der Waals surface area contributed by atoms with Crippen molar-refractivity contribution in [2.24, 2.45) is 11.8 Å². The van der Waals surface area contributed by atoms with Gasteiger partial charge >= 0.3 is 0 Å². The largest absolute Gasteiger partial charge is 0.342 e. The lowest BCUT2D eigenvalue weighted by Crippen LogP contribution is -2.36. The number of hydrogen-bond acceptors (Lipinski definition) is 1. The van der Waals surface area contributed by atoms with Crippen LogP contribution in [0.25, 0.3) is 0 Å². The maximum atomic E-state index is 11.8. The summed E-state index contributed by atoms with van der Waals surface area (Å²) in [5.41, 5.74) is 0. The molecule has 0 spiro atoms. The highest BCUT2D eigenvalue weighted by molar-refractivity contribution is 9.10. The highest BCUT2D eigenvalue weighted by Crippen LogP contribution is 2.25. The molecule has 1 amide bonds. The lowest BCUT2D eigenvalue weighted by Gasteiger charge is -2.22. The predicted octanol–water partition coefficient (Wildman–Crippen LogP) is 3.05. The molecule has 0 saturated carbocycles. The van der Waals surface area contributed by atoms with Gasteiger partial charge in [-0.1, -0.05) is 29.8 Å². The van der Waals surface area contributed by atoms with E-state index in [1.807, 2.05) is 11.8 Å². The van der Waals surface area contributed by atoms with Gasteiger partial charge in [-0.2, -0.15) is 0 Å². The molecule has 0 aromatic carbocycles. The molecule has 2 atom stereocenters. The monoisotopic (exact) mass is 275 g/mol. The van der Waals surface area contributed by atoms with Crippen LogP contribution in [-0.4, -0.2) is 28.7 Å². The van der Waals surface area contributed by atoms with E-state index in [-0.39, 0.29) is 10.7 Å². The van der Waals surface area contributed by atoms with Gasteiger partial charge in [-0.3, -0.25) is 4.79 Å². The van der Waals surface area contributed by atoms with E-state index >= 15 is 0 Å². The van der Waals surface area contributed by atoms with Crippen LogP contribution < -0.4 is 0 Å². The van der Waals surface area contributed by atoms with Gasteiger partial charge in [-0.15, -0.1) is 0 Å². The number of alkyl halides is 1. The van der Waals surface area contributed by atoms with E-state index in [4.69, 9.17) is 0 Å². The van der Waals surface area contributed by atoms with Crippen LogP contribution in [0.1, 0.15) is 40.0 Å². The Labute approximate surface area is 102 Å². The van der Waals surface area contributed by atoms with Gasteiger partial charge < -0.3 is 4.90 Å². The van der Waals surface area contributed by atoms with Crippen LogP contribution in [0.15, 0.2) is 0 Å². The fourth-order valence-electron chi connectivity index (χ4n) is 2.26. The van der Waals surface area contributed by atoms with Crippen LogP contribution in [0.5, 0.6) is 0 Å². The SMILES string of the molecule is CC(Br)C(=O)N1CCCC(C(C)C)CC1. The summed E-state index contributed by atoms with van der Waals surface area (Å²) in [6, 6.07) is 0. The van der Waals surface area contributed by atoms with Crippen molar-refractivity contribution >= 4 is 21.8 Å². The zero-order valence-corrected chi connectivity index (χ0v) is 11.6. The van der Waals surface area contributed by atoms with E-state index in [9.17, 15) is 4.79 Å². The minimum Gasteiger partial charge on any atom is -0.342 e. The zero-order chi connectivity index (χ0) is 11.4. The Balaban J connectivity index is 2.49. The summed E-state index contributed by atoms with van der Waals surface area (Å²) < 4.78 is 0. The van der Waals surface area contributed by atoms with Crippen molar-refractivity contribution in [3.05, 3.63) is 0 Å². The van der Waals surface area contributed by atoms with Gasteiger partial charge in [-0.25, -0.2) is 0 Å². The zero-order valence-electron chi connectivity index (χ0n) is 10.0. The van der Waals surface area contributed by atoms with Crippen LogP contribution in [0.4, 0.5) is 0 Å². The van der Waals surface area contributed by atoms with Gasteiger partial charge in [-0.05, 0) is 38.0 Å². The van der Waals surface area contributed by atoms with E-state index in [0.717, 1.165) is 31.3 Å². The Bertz CT molecular complexity index is 216. The van der Waals surface area contributed by atoms with Gasteiger partial charge in [0.15, 0.2) is 0 Å². The molecule has 3 heteroatoms. The second-order valence-corrected chi connectivity index (χ2v) is 6.25. The van der Waals surface area contributed by atoms with Crippen molar-refractivity contribution in [3.8, 4) is 0 Å². The molecule has 1 aliphatic rings. The molecule has 0 aromatic heterocycles. The lowest BCUT2D eigenvalue weighted by molar-refractivity contribution is -0.130. The van der Waals surface area contributed by atoms with Crippen LogP contribution in [0, 0.1) is 11.8 Å². The van der Waals surface area contributed by atoms with Crippen LogP contribution in [-0.2, 0) is 4.79 Å². The van der Waals surface area contributed by atoms with E-state index in [2.05, 4.69) is 29.8 Å². The fraction of sp³-hybridized carbons (Fsp3) is 0.917. The Morgan fingerprint density at radius 3 is 2.47 bits per heavy atom. The van der Waals surface area contributed by atoms with Crippen molar-refractivity contribution in [2.75, 3.05) is 13.1 Å². The van der Waals surface area contributed by atoms with Gasteiger partial charge in [0.05, 0.1) is 4.83 Å². The Kier molecular flexibility index (Phi) is 5.10. The first-order chi connectivity index (χ1) is 7.02. The summed E-state index contributed by atoms with van der Waals surface area (Å²) in [5, 5.41) is 0. The van der Waals surface area contributed by atoms with Crippen molar-refractivity contribution < 1.29 is 4.79 Å². The summed E-state index contributed by atoms with van der Waals surface area (Å²) in [6.45, 7) is 8.37. The number of carbonyl (C=O) groups excluding carboxylic acids is 1. The first-order valence-corrected chi connectivity index (χ1v) is 6.86. The normalized spacial score (nSPS) is 25.1. The van der Waals surface area contributed by atoms with Crippen molar-refractivity contribution in [2.45, 2.75) is 44.9 Å². The minimum atomic E-state index is -0.0342. The van der Waals surface area contributed by atoms with E-state index in [1.165, 1.54) is 12.8 Å². The van der Waals surface area contributed by atoms with Gasteiger partial charge in [0, 0.05) is 13.1 Å². The van der Waals surface area contributed by atoms with Crippen molar-refractivity contribution in [1.29, 1.82) is 0 Å². The number of amides is 1. The fourth-order valence-corrected chi connectivity index (χ4v) is 2.55. The van der Waals surface area contributed by atoms with Gasteiger partial charge in [0.1, 0.15) is 0 Å². The molecule has 0 bridgehead atoms. The second kappa shape index (κ2) is 5.88. The first-order valence-electron chi connectivity index (χ1n) is 5.95. The summed E-state index contributed by atoms with van der Waals surface area (Å²) in [4.78, 5) is 13.8. The second-order valence-electron chi connectivity index (χ2n) is 4.88. The van der Waals surface area contributed by atoms with Crippen LogP contribution in [0.3, 0.4) is 0 Å². The molecule has 2 unspecified atom stereocenters. The molecule has 1 fully saturated rings. The topological polar surface area (TPSA) is 20.3 Å². The maximum Gasteiger partial charge on any atom is 0.236 e. The highest BCUT2D eigenvalue weighted by Gasteiger charge is 2.23. The third kappa shape index (κ3) is 3.78. The summed E-state index contributed by atoms with van der Waals surface area (Å²) >= 11 is 3.35. The summed E-state index contributed by atoms with van der Waals surface area (Å²) in [5.74, 6) is 1.80. The van der Waals surface area contributed by atoms with E-state index in [0.29, 0.717) is 0 Å². The Morgan fingerprint density at radius 1 is 1.27 bits per heavy atom. The third-order valence-electron chi connectivity index (χ3n) is 3.37. The molecule has 1 heterocycles. The lowest BCUT2D eigenvalue weighted by atomic mass is 9.89.